The van der Waals surface area contributed by atoms with Crippen molar-refractivity contribution >= 4 is 23.3 Å². The number of nitrogens with one attached hydrogen (secondary N) is 1. The van der Waals surface area contributed by atoms with Crippen molar-refractivity contribution in [1.82, 2.24) is 10.2 Å². The molecule has 0 radical (unpaired) electrons. The molecule has 0 aliphatic heterocycles. The van der Waals surface area contributed by atoms with Gasteiger partial charge in [0.15, 0.2) is 5.11 Å². The lowest BCUT2D eigenvalue weighted by atomic mass is 9.94. The molecule has 0 amide bonds. The minimum absolute atomic E-state index is 0.240. The van der Waals surface area contributed by atoms with Crippen LogP contribution in [0.1, 0.15) is 43.2 Å². The van der Waals surface area contributed by atoms with Gasteiger partial charge in [-0.15, -0.1) is 0 Å². The minimum atomic E-state index is -1.14. The van der Waals surface area contributed by atoms with E-state index in [-0.39, 0.29) is 6.54 Å². The molecule has 0 aromatic heterocycles. The molecule has 1 aliphatic rings. The Kier molecular flexibility index (Phi) is 6.19. The van der Waals surface area contributed by atoms with Crippen molar-refractivity contribution in [3.8, 4) is 0 Å². The van der Waals surface area contributed by atoms with Crippen LogP contribution >= 0.6 is 12.2 Å². The zero-order chi connectivity index (χ0) is 15.9. The Bertz CT molecular complexity index is 510. The van der Waals surface area contributed by atoms with Crippen LogP contribution in [0.4, 0.5) is 0 Å². The third kappa shape index (κ3) is 4.98. The number of thiocarbonyl (C=S) groups is 1. The van der Waals surface area contributed by atoms with E-state index in [1.165, 1.54) is 30.4 Å². The van der Waals surface area contributed by atoms with Crippen molar-refractivity contribution < 1.29 is 9.90 Å². The average molecular weight is 319 g/mol. The van der Waals surface area contributed by atoms with E-state index in [1.54, 1.807) is 0 Å². The Morgan fingerprint density at radius 1 is 1.27 bits per heavy atom. The lowest BCUT2D eigenvalue weighted by Gasteiger charge is -2.36. The quantitative estimate of drug-likeness (QED) is 0.838. The van der Waals surface area contributed by atoms with Crippen LogP contribution in [0.2, 0.25) is 0 Å². The fourth-order valence-electron chi connectivity index (χ4n) is 2.90. The first kappa shape index (κ1) is 16.7. The van der Waals surface area contributed by atoms with Gasteiger partial charge in [0.25, 0.3) is 0 Å². The highest BCUT2D eigenvalue weighted by atomic mass is 32.1. The molecular formula is C17H23N2O2S-. The highest BCUT2D eigenvalue weighted by molar-refractivity contribution is 7.80. The molecule has 0 bridgehead atoms. The van der Waals surface area contributed by atoms with E-state index in [1.807, 2.05) is 0 Å². The number of hydrogen-bond acceptors (Lipinski definition) is 3. The van der Waals surface area contributed by atoms with E-state index in [0.29, 0.717) is 17.7 Å². The molecule has 1 fully saturated rings. The first-order chi connectivity index (χ1) is 10.6. The molecule has 4 nitrogen and oxygen atoms in total. The molecule has 1 aromatic carbocycles. The summed E-state index contributed by atoms with van der Waals surface area (Å²) in [6.45, 7) is 2.54. The first-order valence-corrected chi connectivity index (χ1v) is 8.27. The summed E-state index contributed by atoms with van der Waals surface area (Å²) in [6.07, 6.45) is 5.91. The highest BCUT2D eigenvalue weighted by Gasteiger charge is 2.23. The van der Waals surface area contributed by atoms with Crippen molar-refractivity contribution in [2.24, 2.45) is 0 Å². The van der Waals surface area contributed by atoms with Crippen LogP contribution in [-0.2, 0) is 11.3 Å². The van der Waals surface area contributed by atoms with E-state index in [4.69, 9.17) is 12.2 Å². The lowest BCUT2D eigenvalue weighted by Crippen LogP contribution is -2.49. The summed E-state index contributed by atoms with van der Waals surface area (Å²) >= 11 is 5.42. The van der Waals surface area contributed by atoms with E-state index in [2.05, 4.69) is 41.4 Å². The van der Waals surface area contributed by atoms with Crippen LogP contribution < -0.4 is 10.4 Å². The second kappa shape index (κ2) is 8.13. The standard InChI is InChI=1S/C17H24N2O2S/c1-13-7-9-14(10-8-13)12-19(15-5-3-2-4-6-15)17(22)18-11-16(20)21/h7-10,15H,2-6,11-12H2,1H3,(H,18,22)(H,20,21)/p-1. The molecule has 1 aromatic rings. The van der Waals surface area contributed by atoms with Crippen molar-refractivity contribution in [3.63, 3.8) is 0 Å². The van der Waals surface area contributed by atoms with Gasteiger partial charge in [-0.1, -0.05) is 49.1 Å². The van der Waals surface area contributed by atoms with Gasteiger partial charge >= 0.3 is 0 Å². The number of aryl methyl sites for hydroxylation is 1. The maximum absolute atomic E-state index is 10.6. The van der Waals surface area contributed by atoms with Crippen LogP contribution in [-0.4, -0.2) is 28.6 Å². The summed E-state index contributed by atoms with van der Waals surface area (Å²) in [7, 11) is 0. The van der Waals surface area contributed by atoms with Crippen molar-refractivity contribution in [3.05, 3.63) is 35.4 Å². The zero-order valence-corrected chi connectivity index (χ0v) is 13.8. The molecular weight excluding hydrogens is 296 g/mol. The van der Waals surface area contributed by atoms with Gasteiger partial charge in [-0.25, -0.2) is 0 Å². The number of carbonyl (C=O) groups is 1. The number of hydrogen-bond donors (Lipinski definition) is 1. The van der Waals surface area contributed by atoms with Gasteiger partial charge in [0, 0.05) is 12.6 Å². The number of benzene rings is 1. The van der Waals surface area contributed by atoms with Gasteiger partial charge in [0.1, 0.15) is 0 Å². The lowest BCUT2D eigenvalue weighted by molar-refractivity contribution is -0.303. The van der Waals surface area contributed by atoms with Crippen LogP contribution in [0.3, 0.4) is 0 Å². The number of carbonyl (C=O) groups excluding carboxylic acids is 1. The Hall–Kier alpha value is -1.62. The predicted molar refractivity (Wildman–Crippen MR) is 89.2 cm³/mol. The van der Waals surface area contributed by atoms with Crippen molar-refractivity contribution in [2.75, 3.05) is 6.54 Å². The minimum Gasteiger partial charge on any atom is -0.548 e. The largest absolute Gasteiger partial charge is 0.548 e. The molecule has 120 valence electrons. The van der Waals surface area contributed by atoms with Crippen molar-refractivity contribution in [1.29, 1.82) is 0 Å². The zero-order valence-electron chi connectivity index (χ0n) is 13.0. The average Bonchev–Trinajstić information content (AvgIpc) is 2.53. The molecule has 1 N–H and O–H groups in total. The number of aliphatic carboxylic acids is 1. The summed E-state index contributed by atoms with van der Waals surface area (Å²) in [5, 5.41) is 14.0. The fraction of sp³-hybridized carbons (Fsp3) is 0.529. The summed E-state index contributed by atoms with van der Waals surface area (Å²) < 4.78 is 0. The third-order valence-corrected chi connectivity index (χ3v) is 4.51. The number of nitrogens with zero attached hydrogens (tertiary/aromatic N) is 1. The van der Waals surface area contributed by atoms with Gasteiger partial charge in [-0.3, -0.25) is 0 Å². The van der Waals surface area contributed by atoms with E-state index in [0.717, 1.165) is 12.8 Å². The number of carboxylic acid groups (broad SMARTS) is 1. The molecule has 22 heavy (non-hydrogen) atoms. The Labute approximate surface area is 137 Å². The second-order valence-electron chi connectivity index (χ2n) is 5.94. The highest BCUT2D eigenvalue weighted by Crippen LogP contribution is 2.24. The molecule has 1 saturated carbocycles. The Morgan fingerprint density at radius 2 is 1.91 bits per heavy atom. The normalized spacial score (nSPS) is 15.3. The first-order valence-electron chi connectivity index (χ1n) is 7.86. The SMILES string of the molecule is Cc1ccc(CN(C(=S)NCC(=O)[O-])C2CCCCC2)cc1. The van der Waals surface area contributed by atoms with Crippen LogP contribution in [0, 0.1) is 6.92 Å². The molecule has 0 saturated heterocycles. The van der Waals surface area contributed by atoms with E-state index in [9.17, 15) is 9.90 Å². The number of rotatable bonds is 5. The van der Waals surface area contributed by atoms with Gasteiger partial charge in [-0.2, -0.15) is 0 Å². The molecule has 0 heterocycles. The summed E-state index contributed by atoms with van der Waals surface area (Å²) in [5.41, 5.74) is 2.42. The summed E-state index contributed by atoms with van der Waals surface area (Å²) in [5.74, 6) is -1.14. The van der Waals surface area contributed by atoms with E-state index >= 15 is 0 Å². The fourth-order valence-corrected chi connectivity index (χ4v) is 3.18. The Morgan fingerprint density at radius 3 is 2.50 bits per heavy atom. The molecule has 1 aliphatic carbocycles. The predicted octanol–water partition coefficient (Wildman–Crippen LogP) is 1.75. The molecule has 2 rings (SSSR count). The molecule has 0 spiro atoms. The maximum atomic E-state index is 10.6. The van der Waals surface area contributed by atoms with Gasteiger partial charge in [0.2, 0.25) is 0 Å². The number of carboxylic acids is 1. The van der Waals surface area contributed by atoms with Gasteiger partial charge in [0.05, 0.1) is 12.5 Å². The van der Waals surface area contributed by atoms with Crippen LogP contribution in [0.25, 0.3) is 0 Å². The van der Waals surface area contributed by atoms with Gasteiger partial charge in [-0.05, 0) is 37.5 Å². The maximum Gasteiger partial charge on any atom is 0.169 e. The smallest absolute Gasteiger partial charge is 0.169 e. The van der Waals surface area contributed by atoms with Crippen molar-refractivity contribution in [2.45, 2.75) is 51.6 Å². The molecule has 0 atom stereocenters. The van der Waals surface area contributed by atoms with Gasteiger partial charge < -0.3 is 20.1 Å². The van der Waals surface area contributed by atoms with Crippen LogP contribution in [0.5, 0.6) is 0 Å². The second-order valence-corrected chi connectivity index (χ2v) is 6.32. The van der Waals surface area contributed by atoms with E-state index < -0.39 is 5.97 Å². The topological polar surface area (TPSA) is 55.4 Å². The molecule has 5 heteroatoms. The molecule has 0 unspecified atom stereocenters. The van der Waals surface area contributed by atoms with Crippen LogP contribution in [0.15, 0.2) is 24.3 Å². The monoisotopic (exact) mass is 319 g/mol. The summed E-state index contributed by atoms with van der Waals surface area (Å²) in [4.78, 5) is 12.8. The third-order valence-electron chi connectivity index (χ3n) is 4.13. The Balaban J connectivity index is 2.07. The summed E-state index contributed by atoms with van der Waals surface area (Å²) in [6, 6.07) is 8.77.